The van der Waals surface area contributed by atoms with E-state index in [4.69, 9.17) is 10.9 Å². The molecule has 5 nitrogen and oxygen atoms in total. The van der Waals surface area contributed by atoms with Crippen molar-refractivity contribution in [2.75, 3.05) is 0 Å². The standard InChI is InChI=1S/C6H7N3O2/c7-9-6(11)4-1-2-8-3-5(4)10/h1-3,10H,7H2,(H,9,11). The van der Waals surface area contributed by atoms with Crippen LogP contribution in [0.3, 0.4) is 0 Å². The highest BCUT2D eigenvalue weighted by atomic mass is 16.3. The summed E-state index contributed by atoms with van der Waals surface area (Å²) in [6.45, 7) is 0. The molecule has 0 aliphatic rings. The first kappa shape index (κ1) is 7.49. The Morgan fingerprint density at radius 2 is 2.45 bits per heavy atom. The molecule has 1 rings (SSSR count). The molecular formula is C6H7N3O2. The fourth-order valence-electron chi connectivity index (χ4n) is 0.656. The van der Waals surface area contributed by atoms with E-state index in [1.165, 1.54) is 18.5 Å². The second kappa shape index (κ2) is 2.98. The van der Waals surface area contributed by atoms with E-state index in [1.54, 1.807) is 0 Å². The molecule has 4 N–H and O–H groups in total. The van der Waals surface area contributed by atoms with Crippen LogP contribution in [0, 0.1) is 0 Å². The summed E-state index contributed by atoms with van der Waals surface area (Å²) >= 11 is 0. The SMILES string of the molecule is NNC(=O)c1ccncc1O. The molecule has 0 aliphatic carbocycles. The highest BCUT2D eigenvalue weighted by Crippen LogP contribution is 2.12. The van der Waals surface area contributed by atoms with E-state index in [0.717, 1.165) is 0 Å². The lowest BCUT2D eigenvalue weighted by molar-refractivity contribution is 0.0951. The molecule has 1 heterocycles. The first-order valence-corrected chi connectivity index (χ1v) is 2.89. The van der Waals surface area contributed by atoms with Gasteiger partial charge in [-0.15, -0.1) is 0 Å². The number of carbonyl (C=O) groups is 1. The maximum Gasteiger partial charge on any atom is 0.269 e. The van der Waals surface area contributed by atoms with E-state index in [-0.39, 0.29) is 11.3 Å². The second-order valence-electron chi connectivity index (χ2n) is 1.87. The first-order chi connectivity index (χ1) is 5.25. The summed E-state index contributed by atoms with van der Waals surface area (Å²) in [5.41, 5.74) is 2.01. The van der Waals surface area contributed by atoms with E-state index < -0.39 is 5.91 Å². The molecular weight excluding hydrogens is 146 g/mol. The molecule has 0 spiro atoms. The van der Waals surface area contributed by atoms with Crippen LogP contribution in [-0.4, -0.2) is 16.0 Å². The summed E-state index contributed by atoms with van der Waals surface area (Å²) in [5, 5.41) is 9.03. The lowest BCUT2D eigenvalue weighted by Crippen LogP contribution is -2.29. The van der Waals surface area contributed by atoms with Gasteiger partial charge in [-0.1, -0.05) is 0 Å². The zero-order chi connectivity index (χ0) is 8.27. The van der Waals surface area contributed by atoms with Crippen molar-refractivity contribution in [3.05, 3.63) is 24.0 Å². The summed E-state index contributed by atoms with van der Waals surface area (Å²) in [5.74, 6) is 4.12. The van der Waals surface area contributed by atoms with Gasteiger partial charge in [0.15, 0.2) is 0 Å². The number of nitrogens with zero attached hydrogens (tertiary/aromatic N) is 1. The summed E-state index contributed by atoms with van der Waals surface area (Å²) in [6.07, 6.45) is 2.56. The minimum absolute atomic E-state index is 0.113. The molecule has 11 heavy (non-hydrogen) atoms. The Kier molecular flexibility index (Phi) is 2.03. The number of pyridine rings is 1. The fraction of sp³-hybridized carbons (Fsp3) is 0. The number of aromatic nitrogens is 1. The molecule has 0 saturated heterocycles. The highest BCUT2D eigenvalue weighted by molar-refractivity contribution is 5.96. The van der Waals surface area contributed by atoms with Crippen molar-refractivity contribution in [3.63, 3.8) is 0 Å². The molecule has 58 valence electrons. The average Bonchev–Trinajstić information content (AvgIpc) is 2.04. The smallest absolute Gasteiger partial charge is 0.269 e. The summed E-state index contributed by atoms with van der Waals surface area (Å²) < 4.78 is 0. The van der Waals surface area contributed by atoms with Gasteiger partial charge < -0.3 is 5.11 Å². The Balaban J connectivity index is 3.03. The van der Waals surface area contributed by atoms with Crippen LogP contribution in [0.15, 0.2) is 18.5 Å². The van der Waals surface area contributed by atoms with E-state index in [2.05, 4.69) is 4.98 Å². The van der Waals surface area contributed by atoms with Crippen LogP contribution in [0.2, 0.25) is 0 Å². The van der Waals surface area contributed by atoms with Crippen molar-refractivity contribution in [3.8, 4) is 5.75 Å². The van der Waals surface area contributed by atoms with E-state index in [1.807, 2.05) is 5.43 Å². The zero-order valence-corrected chi connectivity index (χ0v) is 5.61. The normalized spacial score (nSPS) is 9.18. The minimum Gasteiger partial charge on any atom is -0.505 e. The molecule has 0 bridgehead atoms. The van der Waals surface area contributed by atoms with Gasteiger partial charge in [0.25, 0.3) is 5.91 Å². The molecule has 0 radical (unpaired) electrons. The van der Waals surface area contributed by atoms with Crippen molar-refractivity contribution >= 4 is 5.91 Å². The molecule has 1 aromatic heterocycles. The largest absolute Gasteiger partial charge is 0.505 e. The molecule has 0 atom stereocenters. The number of hydrogen-bond donors (Lipinski definition) is 3. The van der Waals surface area contributed by atoms with Gasteiger partial charge in [0.2, 0.25) is 0 Å². The van der Waals surface area contributed by atoms with Crippen molar-refractivity contribution in [1.82, 2.24) is 10.4 Å². The van der Waals surface area contributed by atoms with Gasteiger partial charge in [-0.3, -0.25) is 15.2 Å². The zero-order valence-electron chi connectivity index (χ0n) is 5.61. The average molecular weight is 153 g/mol. The molecule has 0 aliphatic heterocycles. The second-order valence-corrected chi connectivity index (χ2v) is 1.87. The van der Waals surface area contributed by atoms with Crippen molar-refractivity contribution in [2.24, 2.45) is 5.84 Å². The third-order valence-corrected chi connectivity index (χ3v) is 1.18. The fourth-order valence-corrected chi connectivity index (χ4v) is 0.656. The van der Waals surface area contributed by atoms with Gasteiger partial charge >= 0.3 is 0 Å². The first-order valence-electron chi connectivity index (χ1n) is 2.89. The third kappa shape index (κ3) is 1.44. The van der Waals surface area contributed by atoms with Gasteiger partial charge in [-0.05, 0) is 6.07 Å². The van der Waals surface area contributed by atoms with E-state index >= 15 is 0 Å². The molecule has 1 amide bonds. The number of amides is 1. The number of nitrogen functional groups attached to an aromatic ring is 1. The number of nitrogens with two attached hydrogens (primary N) is 1. The highest BCUT2D eigenvalue weighted by Gasteiger charge is 2.07. The van der Waals surface area contributed by atoms with E-state index in [9.17, 15) is 4.79 Å². The molecule has 1 aromatic rings. The van der Waals surface area contributed by atoms with Crippen LogP contribution >= 0.6 is 0 Å². The van der Waals surface area contributed by atoms with Gasteiger partial charge in [-0.25, -0.2) is 5.84 Å². The van der Waals surface area contributed by atoms with Crippen molar-refractivity contribution in [2.45, 2.75) is 0 Å². The van der Waals surface area contributed by atoms with Crippen LogP contribution in [0.5, 0.6) is 5.75 Å². The number of nitrogens with one attached hydrogen (secondary N) is 1. The maximum absolute atomic E-state index is 10.8. The molecule has 0 aromatic carbocycles. The van der Waals surface area contributed by atoms with Crippen LogP contribution in [0.4, 0.5) is 0 Å². The number of hydrogen-bond acceptors (Lipinski definition) is 4. The van der Waals surface area contributed by atoms with Gasteiger partial charge in [0.1, 0.15) is 5.75 Å². The van der Waals surface area contributed by atoms with Gasteiger partial charge in [0, 0.05) is 6.20 Å². The minimum atomic E-state index is -0.537. The molecule has 0 fully saturated rings. The topological polar surface area (TPSA) is 88.2 Å². The van der Waals surface area contributed by atoms with Crippen LogP contribution in [-0.2, 0) is 0 Å². The quantitative estimate of drug-likeness (QED) is 0.285. The van der Waals surface area contributed by atoms with Gasteiger partial charge in [-0.2, -0.15) is 0 Å². The number of aromatic hydroxyl groups is 1. The maximum atomic E-state index is 10.8. The summed E-state index contributed by atoms with van der Waals surface area (Å²) in [6, 6.07) is 1.37. The number of hydrazine groups is 1. The number of rotatable bonds is 1. The molecule has 0 saturated carbocycles. The van der Waals surface area contributed by atoms with Crippen LogP contribution < -0.4 is 11.3 Å². The van der Waals surface area contributed by atoms with Gasteiger partial charge in [0.05, 0.1) is 11.8 Å². The molecule has 5 heteroatoms. The Morgan fingerprint density at radius 1 is 1.73 bits per heavy atom. The number of carbonyl (C=O) groups excluding carboxylic acids is 1. The van der Waals surface area contributed by atoms with E-state index in [0.29, 0.717) is 0 Å². The van der Waals surface area contributed by atoms with Crippen LogP contribution in [0.1, 0.15) is 10.4 Å². The Hall–Kier alpha value is -1.62. The van der Waals surface area contributed by atoms with Crippen molar-refractivity contribution in [1.29, 1.82) is 0 Å². The predicted molar refractivity (Wildman–Crippen MR) is 37.6 cm³/mol. The summed E-state index contributed by atoms with van der Waals surface area (Å²) in [4.78, 5) is 14.4. The molecule has 0 unspecified atom stereocenters. The Labute approximate surface area is 62.8 Å². The third-order valence-electron chi connectivity index (χ3n) is 1.18. The monoisotopic (exact) mass is 153 g/mol. The summed E-state index contributed by atoms with van der Waals surface area (Å²) in [7, 11) is 0. The van der Waals surface area contributed by atoms with Crippen LogP contribution in [0.25, 0.3) is 0 Å². The lowest BCUT2D eigenvalue weighted by atomic mass is 10.2. The Morgan fingerprint density at radius 3 is 3.00 bits per heavy atom. The lowest BCUT2D eigenvalue weighted by Gasteiger charge is -1.99. The Bertz CT molecular complexity index is 274. The predicted octanol–water partition coefficient (Wildman–Crippen LogP) is -0.609. The van der Waals surface area contributed by atoms with Crippen molar-refractivity contribution < 1.29 is 9.90 Å².